The van der Waals surface area contributed by atoms with E-state index in [1.807, 2.05) is 48.5 Å². The molecule has 2 aromatic rings. The number of anilines is 1. The van der Waals surface area contributed by atoms with Crippen molar-refractivity contribution in [1.29, 1.82) is 0 Å². The maximum absolute atomic E-state index is 12.6. The van der Waals surface area contributed by atoms with Crippen molar-refractivity contribution in [3.05, 3.63) is 58.6 Å². The summed E-state index contributed by atoms with van der Waals surface area (Å²) in [6.07, 6.45) is 0. The van der Waals surface area contributed by atoms with E-state index in [0.29, 0.717) is 11.7 Å². The van der Waals surface area contributed by atoms with Crippen LogP contribution in [0.5, 0.6) is 5.75 Å². The molecule has 0 aliphatic carbocycles. The quantitative estimate of drug-likeness (QED) is 0.669. The van der Waals surface area contributed by atoms with Gasteiger partial charge < -0.3 is 9.61 Å². The molecule has 0 heterocycles. The van der Waals surface area contributed by atoms with Crippen molar-refractivity contribution < 1.29 is 9.09 Å². The van der Waals surface area contributed by atoms with Crippen LogP contribution < -0.4 is 9.61 Å². The van der Waals surface area contributed by atoms with E-state index in [0.717, 1.165) is 10.2 Å². The van der Waals surface area contributed by atoms with Crippen molar-refractivity contribution in [3.8, 4) is 5.75 Å². The SMILES string of the molecule is CC(C)c1ccc(O[P@@](C)(=O)Nc2ccccc2Br)cc1. The minimum Gasteiger partial charge on any atom is -0.429 e. The molecule has 0 aromatic heterocycles. The summed E-state index contributed by atoms with van der Waals surface area (Å²) >= 11 is 3.42. The van der Waals surface area contributed by atoms with Crippen LogP contribution in [0.25, 0.3) is 0 Å². The molecule has 0 unspecified atom stereocenters. The zero-order chi connectivity index (χ0) is 15.5. The van der Waals surface area contributed by atoms with E-state index in [1.165, 1.54) is 5.56 Å². The third-order valence-electron chi connectivity index (χ3n) is 3.02. The largest absolute Gasteiger partial charge is 0.429 e. The molecule has 0 amide bonds. The molecule has 0 bridgehead atoms. The Morgan fingerprint density at radius 3 is 2.29 bits per heavy atom. The lowest BCUT2D eigenvalue weighted by molar-refractivity contribution is 0.493. The molecule has 0 aliphatic heterocycles. The van der Waals surface area contributed by atoms with Gasteiger partial charge in [-0.2, -0.15) is 0 Å². The van der Waals surface area contributed by atoms with Gasteiger partial charge in [0.1, 0.15) is 5.75 Å². The number of nitrogens with one attached hydrogen (secondary N) is 1. The summed E-state index contributed by atoms with van der Waals surface area (Å²) in [4.78, 5) is 0. The average Bonchev–Trinajstić information content (AvgIpc) is 2.41. The molecule has 0 aliphatic rings. The highest BCUT2D eigenvalue weighted by Gasteiger charge is 2.18. The molecule has 112 valence electrons. The lowest BCUT2D eigenvalue weighted by Gasteiger charge is -2.18. The van der Waals surface area contributed by atoms with Gasteiger partial charge in [-0.1, -0.05) is 38.1 Å². The summed E-state index contributed by atoms with van der Waals surface area (Å²) in [6, 6.07) is 15.2. The highest BCUT2D eigenvalue weighted by molar-refractivity contribution is 9.10. The van der Waals surface area contributed by atoms with Gasteiger partial charge in [-0.05, 0) is 51.7 Å². The van der Waals surface area contributed by atoms with E-state index in [4.69, 9.17) is 4.52 Å². The van der Waals surface area contributed by atoms with E-state index in [9.17, 15) is 4.57 Å². The molecule has 1 atom stereocenters. The van der Waals surface area contributed by atoms with Gasteiger partial charge in [0.2, 0.25) is 0 Å². The Hall–Kier alpha value is -1.25. The van der Waals surface area contributed by atoms with Crippen LogP contribution in [0.3, 0.4) is 0 Å². The van der Waals surface area contributed by atoms with Crippen molar-refractivity contribution >= 4 is 29.1 Å². The van der Waals surface area contributed by atoms with Gasteiger partial charge in [0.25, 0.3) is 0 Å². The molecule has 21 heavy (non-hydrogen) atoms. The third-order valence-corrected chi connectivity index (χ3v) is 4.92. The Labute approximate surface area is 134 Å². The number of rotatable bonds is 5. The molecular formula is C16H19BrNO2P. The van der Waals surface area contributed by atoms with Crippen LogP contribution in [0.4, 0.5) is 5.69 Å². The molecule has 5 heteroatoms. The molecule has 0 spiro atoms. The smallest absolute Gasteiger partial charge is 0.338 e. The maximum Gasteiger partial charge on any atom is 0.338 e. The molecule has 1 N–H and O–H groups in total. The molecule has 0 saturated carbocycles. The third kappa shape index (κ3) is 4.62. The van der Waals surface area contributed by atoms with E-state index in [2.05, 4.69) is 34.9 Å². The topological polar surface area (TPSA) is 38.3 Å². The highest BCUT2D eigenvalue weighted by Crippen LogP contribution is 2.44. The second kappa shape index (κ2) is 6.67. The summed E-state index contributed by atoms with van der Waals surface area (Å²) in [7, 11) is -2.98. The fourth-order valence-corrected chi connectivity index (χ4v) is 3.65. The predicted molar refractivity (Wildman–Crippen MR) is 92.5 cm³/mol. The lowest BCUT2D eigenvalue weighted by Crippen LogP contribution is -2.02. The van der Waals surface area contributed by atoms with Crippen LogP contribution >= 0.6 is 23.4 Å². The summed E-state index contributed by atoms with van der Waals surface area (Å²) < 4.78 is 19.0. The molecule has 3 nitrogen and oxygen atoms in total. The Kier molecular flexibility index (Phi) is 5.13. The van der Waals surface area contributed by atoms with Gasteiger partial charge in [-0.15, -0.1) is 0 Å². The minimum atomic E-state index is -2.98. The Bertz CT molecular complexity index is 656. The molecular weight excluding hydrogens is 349 g/mol. The Balaban J connectivity index is 2.10. The van der Waals surface area contributed by atoms with Crippen LogP contribution in [0.15, 0.2) is 53.0 Å². The minimum absolute atomic E-state index is 0.464. The van der Waals surface area contributed by atoms with Crippen molar-refractivity contribution in [2.75, 3.05) is 11.8 Å². The number of halogens is 1. The van der Waals surface area contributed by atoms with Crippen molar-refractivity contribution in [2.45, 2.75) is 19.8 Å². The zero-order valence-electron chi connectivity index (χ0n) is 12.3. The van der Waals surface area contributed by atoms with E-state index in [1.54, 1.807) is 6.66 Å². The van der Waals surface area contributed by atoms with Gasteiger partial charge in [-0.25, -0.2) is 0 Å². The van der Waals surface area contributed by atoms with Crippen LogP contribution in [0.2, 0.25) is 0 Å². The fraction of sp³-hybridized carbons (Fsp3) is 0.250. The lowest BCUT2D eigenvalue weighted by atomic mass is 10.0. The first-order chi connectivity index (χ1) is 9.87. The molecule has 0 fully saturated rings. The first-order valence-corrected chi connectivity index (χ1v) is 9.64. The highest BCUT2D eigenvalue weighted by atomic mass is 79.9. The van der Waals surface area contributed by atoms with Gasteiger partial charge in [0.15, 0.2) is 0 Å². The standard InChI is InChI=1S/C16H19BrNO2P/c1-12(2)13-8-10-14(11-9-13)20-21(3,19)18-16-7-5-4-6-15(16)17/h4-12H,1-3H3,(H,18,19)/t21-/m1/s1. The normalized spacial score (nSPS) is 13.8. The summed E-state index contributed by atoms with van der Waals surface area (Å²) in [5, 5.41) is 2.96. The van der Waals surface area contributed by atoms with Gasteiger partial charge in [0.05, 0.1) is 5.69 Å². The van der Waals surface area contributed by atoms with Crippen LogP contribution in [-0.4, -0.2) is 6.66 Å². The predicted octanol–water partition coefficient (Wildman–Crippen LogP) is 5.89. The van der Waals surface area contributed by atoms with E-state index >= 15 is 0 Å². The summed E-state index contributed by atoms with van der Waals surface area (Å²) in [5.41, 5.74) is 1.98. The van der Waals surface area contributed by atoms with Gasteiger partial charge in [0, 0.05) is 11.1 Å². The Morgan fingerprint density at radius 2 is 1.71 bits per heavy atom. The number of hydrogen-bond acceptors (Lipinski definition) is 2. The molecule has 0 radical (unpaired) electrons. The monoisotopic (exact) mass is 367 g/mol. The number of para-hydroxylation sites is 1. The second-order valence-electron chi connectivity index (χ2n) is 5.25. The molecule has 0 saturated heterocycles. The average molecular weight is 368 g/mol. The van der Waals surface area contributed by atoms with Gasteiger partial charge >= 0.3 is 7.52 Å². The van der Waals surface area contributed by atoms with Gasteiger partial charge in [-0.3, -0.25) is 4.57 Å². The van der Waals surface area contributed by atoms with Crippen LogP contribution in [0, 0.1) is 0 Å². The van der Waals surface area contributed by atoms with Crippen molar-refractivity contribution in [2.24, 2.45) is 0 Å². The second-order valence-corrected chi connectivity index (χ2v) is 8.20. The van der Waals surface area contributed by atoms with Crippen molar-refractivity contribution in [1.82, 2.24) is 0 Å². The zero-order valence-corrected chi connectivity index (χ0v) is 14.8. The first-order valence-electron chi connectivity index (χ1n) is 6.77. The summed E-state index contributed by atoms with van der Waals surface area (Å²) in [5.74, 6) is 1.07. The van der Waals surface area contributed by atoms with Crippen LogP contribution in [0.1, 0.15) is 25.3 Å². The maximum atomic E-state index is 12.6. The molecule has 2 aromatic carbocycles. The summed E-state index contributed by atoms with van der Waals surface area (Å²) in [6.45, 7) is 5.84. The van der Waals surface area contributed by atoms with Crippen molar-refractivity contribution in [3.63, 3.8) is 0 Å². The fourth-order valence-electron chi connectivity index (χ4n) is 1.91. The van der Waals surface area contributed by atoms with Crippen LogP contribution in [-0.2, 0) is 4.57 Å². The number of benzene rings is 2. The molecule has 2 rings (SSSR count). The number of hydrogen-bond donors (Lipinski definition) is 1. The Morgan fingerprint density at radius 1 is 1.10 bits per heavy atom. The van der Waals surface area contributed by atoms with E-state index < -0.39 is 7.52 Å². The van der Waals surface area contributed by atoms with E-state index in [-0.39, 0.29) is 0 Å². The first kappa shape index (κ1) is 16.1.